The number of nitroso groups, excluding NO2 is 1. The molecule has 0 aromatic carbocycles. The highest BCUT2D eigenvalue weighted by molar-refractivity contribution is 4.59. The highest BCUT2D eigenvalue weighted by Crippen LogP contribution is 2.05. The molecule has 0 heterocycles. The van der Waals surface area contributed by atoms with E-state index >= 15 is 0 Å². The molecule has 10 heavy (non-hydrogen) atoms. The minimum absolute atomic E-state index is 0.0984. The van der Waals surface area contributed by atoms with Gasteiger partial charge in [-0.2, -0.15) is 4.91 Å². The first-order valence-electron chi connectivity index (χ1n) is 3.67. The van der Waals surface area contributed by atoms with Crippen molar-refractivity contribution < 1.29 is 5.11 Å². The average molecular weight is 145 g/mol. The highest BCUT2D eigenvalue weighted by atomic mass is 16.3. The third kappa shape index (κ3) is 5.69. The van der Waals surface area contributed by atoms with Gasteiger partial charge in [-0.25, -0.2) is 0 Å². The van der Waals surface area contributed by atoms with E-state index in [4.69, 9.17) is 5.11 Å². The van der Waals surface area contributed by atoms with Crippen LogP contribution in [0.15, 0.2) is 5.18 Å². The number of hydrogen-bond donors (Lipinski definition) is 1. The Balaban J connectivity index is 3.11. The van der Waals surface area contributed by atoms with E-state index in [2.05, 4.69) is 5.18 Å². The van der Waals surface area contributed by atoms with Gasteiger partial charge in [-0.1, -0.05) is 5.18 Å². The molecule has 0 aliphatic heterocycles. The van der Waals surface area contributed by atoms with E-state index in [0.29, 0.717) is 0 Å². The normalized spacial score (nSPS) is 16.3. The van der Waals surface area contributed by atoms with Crippen molar-refractivity contribution >= 4 is 0 Å². The fourth-order valence-corrected chi connectivity index (χ4v) is 0.761. The van der Waals surface area contributed by atoms with Crippen LogP contribution >= 0.6 is 0 Å². The molecule has 1 unspecified atom stereocenters. The van der Waals surface area contributed by atoms with Gasteiger partial charge in [-0.15, -0.1) is 0 Å². The molecule has 3 heteroatoms. The molecular formula is C7H15NO2. The third-order valence-electron chi connectivity index (χ3n) is 1.42. The molecular weight excluding hydrogens is 130 g/mol. The standard InChI is InChI=1S/C7H15NO2/c1-6(8-10)4-3-5-7(2)9/h6-7,9H,3-5H2,1-2H3/t6?,7-/m1/s1. The van der Waals surface area contributed by atoms with Crippen molar-refractivity contribution in [1.82, 2.24) is 0 Å². The van der Waals surface area contributed by atoms with Crippen molar-refractivity contribution in [2.45, 2.75) is 45.3 Å². The number of aliphatic hydroxyl groups excluding tert-OH is 1. The van der Waals surface area contributed by atoms with Gasteiger partial charge in [-0.05, 0) is 33.1 Å². The molecule has 0 aliphatic rings. The zero-order valence-corrected chi connectivity index (χ0v) is 6.58. The van der Waals surface area contributed by atoms with Crippen molar-refractivity contribution in [2.24, 2.45) is 5.18 Å². The van der Waals surface area contributed by atoms with Gasteiger partial charge in [0.15, 0.2) is 0 Å². The van der Waals surface area contributed by atoms with E-state index in [-0.39, 0.29) is 12.1 Å². The smallest absolute Gasteiger partial charge is 0.0891 e. The molecule has 2 atom stereocenters. The van der Waals surface area contributed by atoms with Crippen LogP contribution in [-0.4, -0.2) is 17.3 Å². The minimum atomic E-state index is -0.251. The highest BCUT2D eigenvalue weighted by Gasteiger charge is 2.01. The topological polar surface area (TPSA) is 49.7 Å². The van der Waals surface area contributed by atoms with E-state index in [1.807, 2.05) is 0 Å². The minimum Gasteiger partial charge on any atom is -0.393 e. The summed E-state index contributed by atoms with van der Waals surface area (Å²) in [6, 6.07) is -0.0984. The summed E-state index contributed by atoms with van der Waals surface area (Å²) < 4.78 is 0. The largest absolute Gasteiger partial charge is 0.393 e. The van der Waals surface area contributed by atoms with Crippen LogP contribution in [0.2, 0.25) is 0 Å². The van der Waals surface area contributed by atoms with Crippen LogP contribution in [0.1, 0.15) is 33.1 Å². The van der Waals surface area contributed by atoms with Crippen LogP contribution in [0.5, 0.6) is 0 Å². The Kier molecular flexibility index (Phi) is 5.12. The summed E-state index contributed by atoms with van der Waals surface area (Å²) in [5.74, 6) is 0. The van der Waals surface area contributed by atoms with Crippen molar-refractivity contribution in [1.29, 1.82) is 0 Å². The van der Waals surface area contributed by atoms with E-state index in [1.165, 1.54) is 0 Å². The van der Waals surface area contributed by atoms with Crippen LogP contribution in [-0.2, 0) is 0 Å². The number of hydrogen-bond acceptors (Lipinski definition) is 3. The maximum Gasteiger partial charge on any atom is 0.0891 e. The van der Waals surface area contributed by atoms with Gasteiger partial charge < -0.3 is 5.11 Å². The Morgan fingerprint density at radius 3 is 2.40 bits per heavy atom. The molecule has 1 N–H and O–H groups in total. The lowest BCUT2D eigenvalue weighted by molar-refractivity contribution is 0.180. The molecule has 0 rings (SSSR count). The Morgan fingerprint density at radius 2 is 2.00 bits per heavy atom. The first kappa shape index (κ1) is 9.56. The Bertz CT molecular complexity index is 93.6. The van der Waals surface area contributed by atoms with E-state index in [1.54, 1.807) is 13.8 Å². The molecule has 3 nitrogen and oxygen atoms in total. The van der Waals surface area contributed by atoms with Crippen molar-refractivity contribution in [3.63, 3.8) is 0 Å². The first-order valence-corrected chi connectivity index (χ1v) is 3.67. The van der Waals surface area contributed by atoms with Gasteiger partial charge in [0, 0.05) is 0 Å². The predicted molar refractivity (Wildman–Crippen MR) is 40.8 cm³/mol. The van der Waals surface area contributed by atoms with Gasteiger partial charge >= 0.3 is 0 Å². The van der Waals surface area contributed by atoms with Crippen LogP contribution in [0.4, 0.5) is 0 Å². The third-order valence-corrected chi connectivity index (χ3v) is 1.42. The molecule has 60 valence electrons. The molecule has 0 aromatic rings. The maximum absolute atomic E-state index is 9.87. The summed E-state index contributed by atoms with van der Waals surface area (Å²) in [4.78, 5) is 9.87. The van der Waals surface area contributed by atoms with Gasteiger partial charge in [0.25, 0.3) is 0 Å². The van der Waals surface area contributed by atoms with Crippen molar-refractivity contribution in [3.8, 4) is 0 Å². The summed E-state index contributed by atoms with van der Waals surface area (Å²) in [5, 5.41) is 11.7. The lowest BCUT2D eigenvalue weighted by Gasteiger charge is -2.03. The van der Waals surface area contributed by atoms with Crippen LogP contribution in [0, 0.1) is 4.91 Å². The second kappa shape index (κ2) is 5.35. The Morgan fingerprint density at radius 1 is 1.40 bits per heavy atom. The molecule has 0 saturated heterocycles. The van der Waals surface area contributed by atoms with Crippen molar-refractivity contribution in [2.75, 3.05) is 0 Å². The molecule has 0 saturated carbocycles. The van der Waals surface area contributed by atoms with E-state index in [9.17, 15) is 4.91 Å². The fourth-order valence-electron chi connectivity index (χ4n) is 0.761. The van der Waals surface area contributed by atoms with Crippen LogP contribution in [0.25, 0.3) is 0 Å². The maximum atomic E-state index is 9.87. The SMILES string of the molecule is CC(CCC[C@@H](C)O)N=O. The lowest BCUT2D eigenvalue weighted by Crippen LogP contribution is -2.02. The molecule has 0 amide bonds. The zero-order chi connectivity index (χ0) is 7.98. The molecule has 0 spiro atoms. The van der Waals surface area contributed by atoms with E-state index < -0.39 is 0 Å². The summed E-state index contributed by atoms with van der Waals surface area (Å²) >= 11 is 0. The monoisotopic (exact) mass is 145 g/mol. The fraction of sp³-hybridized carbons (Fsp3) is 1.00. The van der Waals surface area contributed by atoms with Crippen molar-refractivity contribution in [3.05, 3.63) is 4.91 Å². The summed E-state index contributed by atoms with van der Waals surface area (Å²) in [5.41, 5.74) is 0. The van der Waals surface area contributed by atoms with Gasteiger partial charge in [0.1, 0.15) is 0 Å². The second-order valence-electron chi connectivity index (χ2n) is 2.73. The molecule has 0 bridgehead atoms. The second-order valence-corrected chi connectivity index (χ2v) is 2.73. The van der Waals surface area contributed by atoms with Gasteiger partial charge in [0.2, 0.25) is 0 Å². The number of aliphatic hydroxyl groups is 1. The first-order chi connectivity index (χ1) is 4.66. The molecule has 0 fully saturated rings. The zero-order valence-electron chi connectivity index (χ0n) is 6.58. The quantitative estimate of drug-likeness (QED) is 0.598. The summed E-state index contributed by atoms with van der Waals surface area (Å²) in [6.07, 6.45) is 2.18. The van der Waals surface area contributed by atoms with E-state index in [0.717, 1.165) is 19.3 Å². The van der Waals surface area contributed by atoms with Gasteiger partial charge in [-0.3, -0.25) is 0 Å². The number of rotatable bonds is 5. The van der Waals surface area contributed by atoms with Crippen LogP contribution < -0.4 is 0 Å². The van der Waals surface area contributed by atoms with Crippen LogP contribution in [0.3, 0.4) is 0 Å². The summed E-state index contributed by atoms with van der Waals surface area (Å²) in [6.45, 7) is 3.54. The average Bonchev–Trinajstić information content (AvgIpc) is 1.87. The Hall–Kier alpha value is -0.440. The summed E-state index contributed by atoms with van der Waals surface area (Å²) in [7, 11) is 0. The Labute approximate surface area is 61.4 Å². The predicted octanol–water partition coefficient (Wildman–Crippen LogP) is 1.69. The number of nitrogens with zero attached hydrogens (tertiary/aromatic N) is 1. The molecule has 0 aromatic heterocycles. The molecule has 0 radical (unpaired) electrons. The lowest BCUT2D eigenvalue weighted by atomic mass is 10.1. The molecule has 0 aliphatic carbocycles. The van der Waals surface area contributed by atoms with Gasteiger partial charge in [0.05, 0.1) is 12.1 Å².